The number of amides is 2. The Kier molecular flexibility index (Phi) is 5.40. The van der Waals surface area contributed by atoms with Gasteiger partial charge in [-0.1, -0.05) is 0 Å². The van der Waals surface area contributed by atoms with Gasteiger partial charge in [0, 0.05) is 25.0 Å². The molecule has 2 aliphatic rings. The molecule has 0 unspecified atom stereocenters. The van der Waals surface area contributed by atoms with E-state index in [0.29, 0.717) is 31.4 Å². The molecule has 1 aliphatic heterocycles. The molecule has 1 saturated carbocycles. The number of hydrogen-bond acceptors (Lipinski definition) is 5. The van der Waals surface area contributed by atoms with Crippen LogP contribution in [0.4, 0.5) is 5.69 Å². The average molecular weight is 370 g/mol. The normalized spacial score (nSPS) is 22.0. The lowest BCUT2D eigenvalue weighted by atomic mass is 9.98. The number of rotatable bonds is 5. The molecule has 0 bridgehead atoms. The summed E-state index contributed by atoms with van der Waals surface area (Å²) in [6.07, 6.45) is 3.43. The maximum atomic E-state index is 12.7. The van der Waals surface area contributed by atoms with E-state index in [2.05, 4.69) is 16.7 Å². The molecule has 1 aromatic heterocycles. The van der Waals surface area contributed by atoms with Crippen LogP contribution in [0.25, 0.3) is 0 Å². The molecule has 3 atom stereocenters. The van der Waals surface area contributed by atoms with E-state index < -0.39 is 23.6 Å². The summed E-state index contributed by atoms with van der Waals surface area (Å²) in [6.45, 7) is 1.31. The molecular formula is C19H22N4O4. The van der Waals surface area contributed by atoms with Crippen molar-refractivity contribution in [3.8, 4) is 6.07 Å². The largest absolute Gasteiger partial charge is 0.339 e. The quantitative estimate of drug-likeness (QED) is 0.803. The molecule has 27 heavy (non-hydrogen) atoms. The second-order valence-electron chi connectivity index (χ2n) is 7.13. The van der Waals surface area contributed by atoms with Crippen LogP contribution in [0.5, 0.6) is 0 Å². The molecule has 2 amide bonds. The summed E-state index contributed by atoms with van der Waals surface area (Å²) in [5.41, 5.74) is 0.410. The van der Waals surface area contributed by atoms with Crippen LogP contribution >= 0.6 is 0 Å². The van der Waals surface area contributed by atoms with Crippen molar-refractivity contribution in [2.24, 2.45) is 5.92 Å². The van der Waals surface area contributed by atoms with Gasteiger partial charge in [0.25, 0.3) is 5.56 Å². The SMILES string of the molecule is CC(=O)Nc1ccc2n(c1=O)[C@H](C(=O)N[C@H](C#N)C[C@@H]1CCCC1=O)CC2. The maximum absolute atomic E-state index is 12.7. The number of anilines is 1. The van der Waals surface area contributed by atoms with Gasteiger partial charge in [-0.05, 0) is 44.2 Å². The van der Waals surface area contributed by atoms with Crippen molar-refractivity contribution in [1.29, 1.82) is 5.26 Å². The highest BCUT2D eigenvalue weighted by Crippen LogP contribution is 2.27. The van der Waals surface area contributed by atoms with Crippen LogP contribution in [0, 0.1) is 17.2 Å². The van der Waals surface area contributed by atoms with E-state index in [1.54, 1.807) is 12.1 Å². The Labute approximate surface area is 156 Å². The zero-order valence-electron chi connectivity index (χ0n) is 15.2. The summed E-state index contributed by atoms with van der Waals surface area (Å²) < 4.78 is 1.38. The Hall–Kier alpha value is -2.95. The Morgan fingerprint density at radius 2 is 2.07 bits per heavy atom. The Balaban J connectivity index is 1.75. The summed E-state index contributed by atoms with van der Waals surface area (Å²) in [7, 11) is 0. The molecular weight excluding hydrogens is 348 g/mol. The number of aromatic nitrogens is 1. The Bertz CT molecular complexity index is 883. The third-order valence-corrected chi connectivity index (χ3v) is 5.22. The van der Waals surface area contributed by atoms with Crippen molar-refractivity contribution < 1.29 is 14.4 Å². The van der Waals surface area contributed by atoms with Gasteiger partial charge < -0.3 is 10.6 Å². The Morgan fingerprint density at radius 1 is 1.30 bits per heavy atom. The second kappa shape index (κ2) is 7.74. The molecule has 2 N–H and O–H groups in total. The van der Waals surface area contributed by atoms with Crippen LogP contribution in [0.2, 0.25) is 0 Å². The van der Waals surface area contributed by atoms with Gasteiger partial charge in [0.2, 0.25) is 11.8 Å². The molecule has 0 aromatic carbocycles. The van der Waals surface area contributed by atoms with Gasteiger partial charge >= 0.3 is 0 Å². The molecule has 8 nitrogen and oxygen atoms in total. The first-order valence-electron chi connectivity index (χ1n) is 9.15. The predicted octanol–water partition coefficient (Wildman–Crippen LogP) is 1.06. The third-order valence-electron chi connectivity index (χ3n) is 5.22. The minimum absolute atomic E-state index is 0.124. The number of nitrogens with zero attached hydrogens (tertiary/aromatic N) is 2. The summed E-state index contributed by atoms with van der Waals surface area (Å²) in [5, 5.41) is 14.5. The molecule has 0 spiro atoms. The van der Waals surface area contributed by atoms with E-state index in [0.717, 1.165) is 12.8 Å². The lowest BCUT2D eigenvalue weighted by Gasteiger charge is -2.19. The molecule has 8 heteroatoms. The minimum Gasteiger partial charge on any atom is -0.339 e. The molecule has 1 fully saturated rings. The first kappa shape index (κ1) is 18.8. The van der Waals surface area contributed by atoms with Crippen LogP contribution in [-0.2, 0) is 20.8 Å². The van der Waals surface area contributed by atoms with Crippen LogP contribution in [0.15, 0.2) is 16.9 Å². The van der Waals surface area contributed by atoms with Gasteiger partial charge in [-0.25, -0.2) is 0 Å². The highest BCUT2D eigenvalue weighted by Gasteiger charge is 2.33. The van der Waals surface area contributed by atoms with Crippen LogP contribution in [-0.4, -0.2) is 28.2 Å². The number of hydrogen-bond donors (Lipinski definition) is 2. The van der Waals surface area contributed by atoms with Crippen LogP contribution < -0.4 is 16.2 Å². The number of aryl methyl sites for hydroxylation is 1. The minimum atomic E-state index is -0.761. The summed E-state index contributed by atoms with van der Waals surface area (Å²) >= 11 is 0. The standard InChI is InChI=1S/C19H22N4O4/c1-11(24)21-15-7-5-14-6-8-16(23(14)19(15)27)18(26)22-13(10-20)9-12-3-2-4-17(12)25/h5,7,12-13,16H,2-4,6,8-9H2,1H3,(H,21,24)(H,22,26)/t12-,13-,16-/m0/s1. The lowest BCUT2D eigenvalue weighted by molar-refractivity contribution is -0.125. The van der Waals surface area contributed by atoms with Crippen molar-refractivity contribution in [2.45, 2.75) is 57.5 Å². The number of pyridine rings is 1. The van der Waals surface area contributed by atoms with Crippen molar-refractivity contribution in [2.75, 3.05) is 5.32 Å². The number of fused-ring (bicyclic) bond motifs is 1. The van der Waals surface area contributed by atoms with Crippen LogP contribution in [0.1, 0.15) is 50.8 Å². The fraction of sp³-hybridized carbons (Fsp3) is 0.526. The van der Waals surface area contributed by atoms with Crippen molar-refractivity contribution >= 4 is 23.3 Å². The van der Waals surface area contributed by atoms with Gasteiger partial charge in [0.1, 0.15) is 23.6 Å². The lowest BCUT2D eigenvalue weighted by Crippen LogP contribution is -2.42. The number of carbonyl (C=O) groups excluding carboxylic acids is 3. The highest BCUT2D eigenvalue weighted by molar-refractivity contribution is 5.88. The van der Waals surface area contributed by atoms with Gasteiger partial charge in [0.15, 0.2) is 0 Å². The average Bonchev–Trinajstić information content (AvgIpc) is 3.23. The molecule has 0 radical (unpaired) electrons. The first-order chi connectivity index (χ1) is 12.9. The molecule has 3 rings (SSSR count). The van der Waals surface area contributed by atoms with E-state index in [-0.39, 0.29) is 23.3 Å². The molecule has 1 aromatic rings. The number of nitrogens with one attached hydrogen (secondary N) is 2. The van der Waals surface area contributed by atoms with Crippen molar-refractivity contribution in [3.63, 3.8) is 0 Å². The van der Waals surface area contributed by atoms with Crippen molar-refractivity contribution in [1.82, 2.24) is 9.88 Å². The molecule has 1 aliphatic carbocycles. The Morgan fingerprint density at radius 3 is 2.70 bits per heavy atom. The topological polar surface area (TPSA) is 121 Å². The zero-order chi connectivity index (χ0) is 19.6. The van der Waals surface area contributed by atoms with E-state index in [1.807, 2.05) is 0 Å². The van der Waals surface area contributed by atoms with E-state index in [9.17, 15) is 24.4 Å². The highest BCUT2D eigenvalue weighted by atomic mass is 16.2. The summed E-state index contributed by atoms with van der Waals surface area (Å²) in [4.78, 5) is 48.4. The third kappa shape index (κ3) is 3.92. The number of Topliss-reactive ketones (excluding diaryl/α,β-unsaturated/α-hetero) is 1. The van der Waals surface area contributed by atoms with Crippen LogP contribution in [0.3, 0.4) is 0 Å². The van der Waals surface area contributed by atoms with E-state index >= 15 is 0 Å². The second-order valence-corrected chi connectivity index (χ2v) is 7.13. The first-order valence-corrected chi connectivity index (χ1v) is 9.15. The maximum Gasteiger partial charge on any atom is 0.275 e. The van der Waals surface area contributed by atoms with E-state index in [1.165, 1.54) is 11.5 Å². The van der Waals surface area contributed by atoms with Gasteiger partial charge in [-0.2, -0.15) is 5.26 Å². The number of nitriles is 1. The van der Waals surface area contributed by atoms with Gasteiger partial charge in [0.05, 0.1) is 6.07 Å². The molecule has 2 heterocycles. The fourth-order valence-electron chi connectivity index (χ4n) is 3.92. The molecule has 0 saturated heterocycles. The van der Waals surface area contributed by atoms with Crippen molar-refractivity contribution in [3.05, 3.63) is 28.2 Å². The fourth-order valence-corrected chi connectivity index (χ4v) is 3.92. The predicted molar refractivity (Wildman–Crippen MR) is 96.9 cm³/mol. The zero-order valence-corrected chi connectivity index (χ0v) is 15.2. The monoisotopic (exact) mass is 370 g/mol. The van der Waals surface area contributed by atoms with Gasteiger partial charge in [-0.3, -0.25) is 23.7 Å². The summed E-state index contributed by atoms with van der Waals surface area (Å²) in [6, 6.07) is 3.83. The summed E-state index contributed by atoms with van der Waals surface area (Å²) in [5.74, 6) is -0.808. The van der Waals surface area contributed by atoms with E-state index in [4.69, 9.17) is 0 Å². The number of carbonyl (C=O) groups is 3. The smallest absolute Gasteiger partial charge is 0.275 e. The number of ketones is 1. The van der Waals surface area contributed by atoms with Gasteiger partial charge in [-0.15, -0.1) is 0 Å². The molecule has 142 valence electrons.